The van der Waals surface area contributed by atoms with E-state index in [1.165, 1.54) is 12.1 Å². The Bertz CT molecular complexity index is 819. The lowest BCUT2D eigenvalue weighted by Gasteiger charge is -2.10. The molecule has 0 aliphatic rings. The van der Waals surface area contributed by atoms with Gasteiger partial charge in [-0.15, -0.1) is 0 Å². The molecule has 0 saturated heterocycles. The maximum Gasteiger partial charge on any atom is 0.258 e. The van der Waals surface area contributed by atoms with Gasteiger partial charge in [-0.25, -0.2) is 9.37 Å². The van der Waals surface area contributed by atoms with Crippen molar-refractivity contribution < 1.29 is 13.9 Å². The molecule has 1 N–H and O–H groups in total. The summed E-state index contributed by atoms with van der Waals surface area (Å²) in [6.07, 6.45) is 5.28. The Kier molecular flexibility index (Phi) is 4.86. The molecule has 0 spiro atoms. The summed E-state index contributed by atoms with van der Waals surface area (Å²) in [6.45, 7) is 1.15. The number of aromatic nitrogens is 2. The van der Waals surface area contributed by atoms with Gasteiger partial charge in [0.05, 0.1) is 18.4 Å². The standard InChI is InChI=1S/C18H16FN3O2/c19-17-7-2-1-6-16(17)18(23)21-14-4-3-5-15(12-14)24-11-10-22-9-8-20-13-22/h1-9,12-13H,10-11H2,(H,21,23). The zero-order chi connectivity index (χ0) is 16.8. The second-order valence-electron chi connectivity index (χ2n) is 5.11. The van der Waals surface area contributed by atoms with Gasteiger partial charge >= 0.3 is 0 Å². The van der Waals surface area contributed by atoms with E-state index >= 15 is 0 Å². The summed E-state index contributed by atoms with van der Waals surface area (Å²) in [5.41, 5.74) is 0.548. The summed E-state index contributed by atoms with van der Waals surface area (Å²) in [7, 11) is 0. The van der Waals surface area contributed by atoms with Crippen molar-refractivity contribution >= 4 is 11.6 Å². The molecule has 1 aromatic heterocycles. The van der Waals surface area contributed by atoms with Gasteiger partial charge in [0.25, 0.3) is 5.91 Å². The molecule has 2 aromatic carbocycles. The minimum absolute atomic E-state index is 0.00364. The smallest absolute Gasteiger partial charge is 0.258 e. The molecule has 0 aliphatic heterocycles. The zero-order valence-electron chi connectivity index (χ0n) is 12.9. The first-order chi connectivity index (χ1) is 11.7. The predicted octanol–water partition coefficient (Wildman–Crippen LogP) is 3.35. The normalized spacial score (nSPS) is 10.4. The highest BCUT2D eigenvalue weighted by Crippen LogP contribution is 2.18. The summed E-state index contributed by atoms with van der Waals surface area (Å²) in [6, 6.07) is 12.8. The van der Waals surface area contributed by atoms with Crippen LogP contribution < -0.4 is 10.1 Å². The summed E-state index contributed by atoms with van der Waals surface area (Å²) < 4.78 is 21.2. The van der Waals surface area contributed by atoms with E-state index in [2.05, 4.69) is 10.3 Å². The Balaban J connectivity index is 1.60. The number of ether oxygens (including phenoxy) is 1. The lowest BCUT2D eigenvalue weighted by molar-refractivity contribution is 0.102. The van der Waals surface area contributed by atoms with Crippen LogP contribution in [-0.2, 0) is 6.54 Å². The Hall–Kier alpha value is -3.15. The first-order valence-corrected chi connectivity index (χ1v) is 7.47. The number of anilines is 1. The van der Waals surface area contributed by atoms with Crippen molar-refractivity contribution in [3.8, 4) is 5.75 Å². The molecule has 24 heavy (non-hydrogen) atoms. The number of amides is 1. The maximum atomic E-state index is 13.6. The Labute approximate surface area is 138 Å². The van der Waals surface area contributed by atoms with Crippen LogP contribution in [0.4, 0.5) is 10.1 Å². The number of imidazole rings is 1. The molecular weight excluding hydrogens is 309 g/mol. The largest absolute Gasteiger partial charge is 0.492 e. The zero-order valence-corrected chi connectivity index (χ0v) is 12.9. The van der Waals surface area contributed by atoms with E-state index in [1.54, 1.807) is 48.9 Å². The molecule has 0 unspecified atom stereocenters. The molecule has 0 saturated carbocycles. The first-order valence-electron chi connectivity index (χ1n) is 7.47. The van der Waals surface area contributed by atoms with Gasteiger partial charge < -0.3 is 14.6 Å². The molecule has 0 bridgehead atoms. The second-order valence-corrected chi connectivity index (χ2v) is 5.11. The van der Waals surface area contributed by atoms with E-state index < -0.39 is 11.7 Å². The third-order valence-corrected chi connectivity index (χ3v) is 3.39. The van der Waals surface area contributed by atoms with Crippen LogP contribution in [0.5, 0.6) is 5.75 Å². The molecule has 0 aliphatic carbocycles. The lowest BCUT2D eigenvalue weighted by Crippen LogP contribution is -2.13. The van der Waals surface area contributed by atoms with Crippen LogP contribution in [-0.4, -0.2) is 22.1 Å². The van der Waals surface area contributed by atoms with Gasteiger partial charge in [-0.3, -0.25) is 4.79 Å². The molecule has 0 radical (unpaired) electrons. The maximum absolute atomic E-state index is 13.6. The molecule has 0 atom stereocenters. The Morgan fingerprint density at radius 3 is 2.88 bits per heavy atom. The van der Waals surface area contributed by atoms with Crippen molar-refractivity contribution in [3.05, 3.63) is 78.6 Å². The lowest BCUT2D eigenvalue weighted by atomic mass is 10.2. The number of nitrogens with one attached hydrogen (secondary N) is 1. The number of carbonyl (C=O) groups is 1. The van der Waals surface area contributed by atoms with Gasteiger partial charge in [0.15, 0.2) is 0 Å². The van der Waals surface area contributed by atoms with Gasteiger partial charge in [-0.05, 0) is 24.3 Å². The van der Waals surface area contributed by atoms with Crippen molar-refractivity contribution in [1.82, 2.24) is 9.55 Å². The van der Waals surface area contributed by atoms with Crippen LogP contribution in [0.25, 0.3) is 0 Å². The number of hydrogen-bond donors (Lipinski definition) is 1. The molecule has 1 heterocycles. The average molecular weight is 325 g/mol. The van der Waals surface area contributed by atoms with E-state index in [4.69, 9.17) is 4.74 Å². The quantitative estimate of drug-likeness (QED) is 0.756. The first kappa shape index (κ1) is 15.7. The monoisotopic (exact) mass is 325 g/mol. The minimum Gasteiger partial charge on any atom is -0.492 e. The van der Waals surface area contributed by atoms with E-state index in [-0.39, 0.29) is 5.56 Å². The average Bonchev–Trinajstić information content (AvgIpc) is 3.09. The molecular formula is C18H16FN3O2. The van der Waals surface area contributed by atoms with Crippen LogP contribution in [0.2, 0.25) is 0 Å². The summed E-state index contributed by atoms with van der Waals surface area (Å²) in [5.74, 6) is -0.423. The number of hydrogen-bond acceptors (Lipinski definition) is 3. The SMILES string of the molecule is O=C(Nc1cccc(OCCn2ccnc2)c1)c1ccccc1F. The fourth-order valence-corrected chi connectivity index (χ4v) is 2.20. The van der Waals surface area contributed by atoms with Gasteiger partial charge in [0.2, 0.25) is 0 Å². The number of halogens is 1. The molecule has 3 rings (SSSR count). The Morgan fingerprint density at radius 2 is 2.08 bits per heavy atom. The number of nitrogens with zero attached hydrogens (tertiary/aromatic N) is 2. The van der Waals surface area contributed by atoms with E-state index in [0.717, 1.165) is 0 Å². The van der Waals surface area contributed by atoms with Crippen LogP contribution in [0, 0.1) is 5.82 Å². The van der Waals surface area contributed by atoms with Gasteiger partial charge in [-0.1, -0.05) is 18.2 Å². The number of rotatable bonds is 6. The highest BCUT2D eigenvalue weighted by molar-refractivity contribution is 6.04. The highest BCUT2D eigenvalue weighted by Gasteiger charge is 2.11. The number of carbonyl (C=O) groups excluding carboxylic acids is 1. The predicted molar refractivity (Wildman–Crippen MR) is 88.5 cm³/mol. The van der Waals surface area contributed by atoms with Crippen molar-refractivity contribution in [3.63, 3.8) is 0 Å². The van der Waals surface area contributed by atoms with Crippen LogP contribution >= 0.6 is 0 Å². The second kappa shape index (κ2) is 7.41. The summed E-state index contributed by atoms with van der Waals surface area (Å²) in [4.78, 5) is 16.1. The molecule has 6 heteroatoms. The molecule has 5 nitrogen and oxygen atoms in total. The van der Waals surface area contributed by atoms with Crippen LogP contribution in [0.1, 0.15) is 10.4 Å². The molecule has 3 aromatic rings. The number of benzene rings is 2. The third kappa shape index (κ3) is 3.98. The van der Waals surface area contributed by atoms with E-state index in [1.807, 2.05) is 10.8 Å². The van der Waals surface area contributed by atoms with Gasteiger partial charge in [0.1, 0.15) is 18.2 Å². The van der Waals surface area contributed by atoms with Gasteiger partial charge in [-0.2, -0.15) is 0 Å². The van der Waals surface area contributed by atoms with Crippen molar-refractivity contribution in [2.45, 2.75) is 6.54 Å². The Morgan fingerprint density at radius 1 is 1.21 bits per heavy atom. The molecule has 122 valence electrons. The topological polar surface area (TPSA) is 56.1 Å². The van der Waals surface area contributed by atoms with Crippen LogP contribution in [0.3, 0.4) is 0 Å². The van der Waals surface area contributed by atoms with Gasteiger partial charge in [0, 0.05) is 24.1 Å². The van der Waals surface area contributed by atoms with E-state index in [9.17, 15) is 9.18 Å². The molecule has 0 fully saturated rings. The fourth-order valence-electron chi connectivity index (χ4n) is 2.20. The molecule has 1 amide bonds. The fraction of sp³-hybridized carbons (Fsp3) is 0.111. The minimum atomic E-state index is -0.553. The van der Waals surface area contributed by atoms with Crippen molar-refractivity contribution in [2.24, 2.45) is 0 Å². The van der Waals surface area contributed by atoms with Crippen LogP contribution in [0.15, 0.2) is 67.3 Å². The van der Waals surface area contributed by atoms with E-state index in [0.29, 0.717) is 24.6 Å². The third-order valence-electron chi connectivity index (χ3n) is 3.39. The highest BCUT2D eigenvalue weighted by atomic mass is 19.1. The van der Waals surface area contributed by atoms with Crippen molar-refractivity contribution in [1.29, 1.82) is 0 Å². The van der Waals surface area contributed by atoms with Crippen molar-refractivity contribution in [2.75, 3.05) is 11.9 Å². The summed E-state index contributed by atoms with van der Waals surface area (Å²) in [5, 5.41) is 2.67. The summed E-state index contributed by atoms with van der Waals surface area (Å²) >= 11 is 0.